The number of carbonyl (C=O) groups excluding carboxylic acids is 2. The van der Waals surface area contributed by atoms with Gasteiger partial charge in [0.1, 0.15) is 0 Å². The van der Waals surface area contributed by atoms with Gasteiger partial charge in [0.2, 0.25) is 11.8 Å². The highest BCUT2D eigenvalue weighted by molar-refractivity contribution is 5.83. The molecule has 2 aliphatic heterocycles. The molecule has 26 heavy (non-hydrogen) atoms. The molecule has 1 aromatic heterocycles. The van der Waals surface area contributed by atoms with Crippen molar-refractivity contribution in [3.63, 3.8) is 0 Å². The van der Waals surface area contributed by atoms with Crippen LogP contribution >= 0.6 is 0 Å². The Morgan fingerprint density at radius 2 is 2.19 bits per heavy atom. The number of amides is 2. The minimum absolute atomic E-state index is 0.00920. The van der Waals surface area contributed by atoms with Gasteiger partial charge in [0.05, 0.1) is 32.1 Å². The van der Waals surface area contributed by atoms with Crippen LogP contribution in [0.1, 0.15) is 19.0 Å². The second kappa shape index (κ2) is 9.11. The van der Waals surface area contributed by atoms with Crippen molar-refractivity contribution in [2.75, 3.05) is 45.9 Å². The molecule has 2 aliphatic rings. The molecule has 0 bridgehead atoms. The SMILES string of the molecule is CCNC(=O)[C@@H]1C[C@H](NC(=O)CN2CCOCC2)CN1Cc1cnc[nH]1. The van der Waals surface area contributed by atoms with Crippen LogP contribution in [-0.4, -0.2) is 89.6 Å². The molecule has 1 aromatic rings. The minimum Gasteiger partial charge on any atom is -0.379 e. The van der Waals surface area contributed by atoms with Gasteiger partial charge in [0.25, 0.3) is 0 Å². The van der Waals surface area contributed by atoms with Crippen molar-refractivity contribution >= 4 is 11.8 Å². The van der Waals surface area contributed by atoms with Gasteiger partial charge in [0.15, 0.2) is 0 Å². The average molecular weight is 364 g/mol. The van der Waals surface area contributed by atoms with Crippen LogP contribution in [0.5, 0.6) is 0 Å². The summed E-state index contributed by atoms with van der Waals surface area (Å²) in [5, 5.41) is 5.99. The predicted octanol–water partition coefficient (Wildman–Crippen LogP) is -1.06. The molecule has 0 spiro atoms. The van der Waals surface area contributed by atoms with Gasteiger partial charge in [0, 0.05) is 50.7 Å². The summed E-state index contributed by atoms with van der Waals surface area (Å²) >= 11 is 0. The van der Waals surface area contributed by atoms with E-state index in [0.717, 1.165) is 18.8 Å². The highest BCUT2D eigenvalue weighted by Crippen LogP contribution is 2.20. The van der Waals surface area contributed by atoms with E-state index in [-0.39, 0.29) is 23.9 Å². The van der Waals surface area contributed by atoms with Gasteiger partial charge in [-0.2, -0.15) is 0 Å². The largest absolute Gasteiger partial charge is 0.379 e. The summed E-state index contributed by atoms with van der Waals surface area (Å²) in [4.78, 5) is 36.1. The van der Waals surface area contributed by atoms with Gasteiger partial charge in [-0.3, -0.25) is 19.4 Å². The summed E-state index contributed by atoms with van der Waals surface area (Å²) in [6.07, 6.45) is 4.02. The van der Waals surface area contributed by atoms with Crippen molar-refractivity contribution in [2.45, 2.75) is 32.0 Å². The molecule has 3 heterocycles. The summed E-state index contributed by atoms with van der Waals surface area (Å²) in [5.41, 5.74) is 0.958. The van der Waals surface area contributed by atoms with E-state index in [4.69, 9.17) is 4.74 Å². The van der Waals surface area contributed by atoms with Gasteiger partial charge >= 0.3 is 0 Å². The Morgan fingerprint density at radius 3 is 2.88 bits per heavy atom. The molecule has 0 saturated carbocycles. The number of likely N-dealkylation sites (tertiary alicyclic amines) is 1. The molecule has 2 amide bonds. The van der Waals surface area contributed by atoms with E-state index in [1.54, 1.807) is 12.5 Å². The molecule has 0 aromatic carbocycles. The Hall–Kier alpha value is -1.97. The van der Waals surface area contributed by atoms with Crippen molar-refractivity contribution in [3.05, 3.63) is 18.2 Å². The third-order valence-electron chi connectivity index (χ3n) is 4.82. The highest BCUT2D eigenvalue weighted by Gasteiger charge is 2.37. The van der Waals surface area contributed by atoms with Crippen LogP contribution in [0, 0.1) is 0 Å². The van der Waals surface area contributed by atoms with Crippen LogP contribution in [0.2, 0.25) is 0 Å². The van der Waals surface area contributed by atoms with Crippen molar-refractivity contribution in [1.29, 1.82) is 0 Å². The molecule has 144 valence electrons. The second-order valence-electron chi connectivity index (χ2n) is 6.81. The van der Waals surface area contributed by atoms with E-state index in [1.165, 1.54) is 0 Å². The number of aromatic nitrogens is 2. The number of hydrogen-bond donors (Lipinski definition) is 3. The predicted molar refractivity (Wildman–Crippen MR) is 95.3 cm³/mol. The molecular weight excluding hydrogens is 336 g/mol. The standard InChI is InChI=1S/C17H28N6O3/c1-2-19-17(25)15-7-13(9-23(15)10-14-8-18-12-20-14)21-16(24)11-22-3-5-26-6-4-22/h8,12-13,15H,2-7,9-11H2,1H3,(H,18,20)(H,19,25)(H,21,24)/t13-,15-/m0/s1. The van der Waals surface area contributed by atoms with Crippen LogP contribution in [0.3, 0.4) is 0 Å². The second-order valence-corrected chi connectivity index (χ2v) is 6.81. The lowest BCUT2D eigenvalue weighted by Gasteiger charge is -2.26. The van der Waals surface area contributed by atoms with Crippen molar-refractivity contribution in [2.24, 2.45) is 0 Å². The lowest BCUT2D eigenvalue weighted by Crippen LogP contribution is -2.46. The number of nitrogens with zero attached hydrogens (tertiary/aromatic N) is 3. The number of hydrogen-bond acceptors (Lipinski definition) is 6. The van der Waals surface area contributed by atoms with E-state index >= 15 is 0 Å². The molecule has 2 atom stereocenters. The van der Waals surface area contributed by atoms with E-state index < -0.39 is 0 Å². The average Bonchev–Trinajstić information content (AvgIpc) is 3.26. The number of morpholine rings is 1. The van der Waals surface area contributed by atoms with Crippen LogP contribution in [0.4, 0.5) is 0 Å². The number of H-pyrrole nitrogens is 1. The van der Waals surface area contributed by atoms with Crippen LogP contribution < -0.4 is 10.6 Å². The smallest absolute Gasteiger partial charge is 0.237 e. The van der Waals surface area contributed by atoms with E-state index in [0.29, 0.717) is 45.8 Å². The summed E-state index contributed by atoms with van der Waals surface area (Å²) in [6.45, 7) is 7.06. The van der Waals surface area contributed by atoms with Crippen molar-refractivity contribution in [3.8, 4) is 0 Å². The zero-order chi connectivity index (χ0) is 18.4. The van der Waals surface area contributed by atoms with E-state index in [2.05, 4.69) is 30.4 Å². The van der Waals surface area contributed by atoms with Crippen molar-refractivity contribution in [1.82, 2.24) is 30.4 Å². The molecule has 9 nitrogen and oxygen atoms in total. The summed E-state index contributed by atoms with van der Waals surface area (Å²) in [7, 11) is 0. The maximum atomic E-state index is 12.4. The lowest BCUT2D eigenvalue weighted by atomic mass is 10.1. The molecule has 3 N–H and O–H groups in total. The fourth-order valence-electron chi connectivity index (χ4n) is 3.57. The summed E-state index contributed by atoms with van der Waals surface area (Å²) in [5.74, 6) is 0.0203. The Labute approximate surface area is 153 Å². The molecule has 2 saturated heterocycles. The number of carbonyl (C=O) groups is 2. The van der Waals surface area contributed by atoms with Gasteiger partial charge in [-0.25, -0.2) is 4.98 Å². The quantitative estimate of drug-likeness (QED) is 0.570. The maximum Gasteiger partial charge on any atom is 0.237 e. The molecule has 0 unspecified atom stereocenters. The normalized spacial score (nSPS) is 24.5. The highest BCUT2D eigenvalue weighted by atomic mass is 16.5. The van der Waals surface area contributed by atoms with Crippen LogP contribution in [0.25, 0.3) is 0 Å². The fourth-order valence-corrected chi connectivity index (χ4v) is 3.57. The molecule has 0 aliphatic carbocycles. The van der Waals surface area contributed by atoms with Gasteiger partial charge in [-0.05, 0) is 13.3 Å². The molecule has 2 fully saturated rings. The Morgan fingerprint density at radius 1 is 1.38 bits per heavy atom. The number of aromatic amines is 1. The molecular formula is C17H28N6O3. The first-order valence-corrected chi connectivity index (χ1v) is 9.24. The van der Waals surface area contributed by atoms with Gasteiger partial charge in [-0.1, -0.05) is 0 Å². The Balaban J connectivity index is 1.55. The number of rotatable bonds is 7. The van der Waals surface area contributed by atoms with E-state index in [9.17, 15) is 9.59 Å². The molecule has 0 radical (unpaired) electrons. The maximum absolute atomic E-state index is 12.4. The number of likely N-dealkylation sites (N-methyl/N-ethyl adjacent to an activating group) is 1. The van der Waals surface area contributed by atoms with Crippen molar-refractivity contribution < 1.29 is 14.3 Å². The topological polar surface area (TPSA) is 103 Å². The third kappa shape index (κ3) is 5.03. The lowest BCUT2D eigenvalue weighted by molar-refractivity contribution is -0.126. The van der Waals surface area contributed by atoms with Crippen LogP contribution in [0.15, 0.2) is 12.5 Å². The summed E-state index contributed by atoms with van der Waals surface area (Å²) < 4.78 is 5.31. The monoisotopic (exact) mass is 364 g/mol. The molecule has 9 heteroatoms. The fraction of sp³-hybridized carbons (Fsp3) is 0.706. The van der Waals surface area contributed by atoms with E-state index in [1.807, 2.05) is 6.92 Å². The first kappa shape index (κ1) is 18.8. The third-order valence-corrected chi connectivity index (χ3v) is 4.82. The number of ether oxygens (including phenoxy) is 1. The zero-order valence-electron chi connectivity index (χ0n) is 15.2. The summed E-state index contributed by atoms with van der Waals surface area (Å²) in [6, 6.07) is -0.272. The zero-order valence-corrected chi connectivity index (χ0v) is 15.2. The number of nitrogens with one attached hydrogen (secondary N) is 3. The first-order chi connectivity index (χ1) is 12.7. The van der Waals surface area contributed by atoms with Crippen LogP contribution in [-0.2, 0) is 20.9 Å². The molecule has 3 rings (SSSR count). The first-order valence-electron chi connectivity index (χ1n) is 9.24. The Kier molecular flexibility index (Phi) is 6.59. The van der Waals surface area contributed by atoms with Gasteiger partial charge in [-0.15, -0.1) is 0 Å². The minimum atomic E-state index is -0.244. The van der Waals surface area contributed by atoms with Gasteiger partial charge < -0.3 is 20.4 Å². The number of imidazole rings is 1. The Bertz CT molecular complexity index is 587.